The number of rotatable bonds is 3. The number of amides is 2. The molecule has 1 aromatic carbocycles. The van der Waals surface area contributed by atoms with Crippen LogP contribution < -0.4 is 0 Å². The largest absolute Gasteiger partial charge is 0.378 e. The molecule has 6 nitrogen and oxygen atoms in total. The number of halogens is 1. The zero-order chi connectivity index (χ0) is 20.2. The summed E-state index contributed by atoms with van der Waals surface area (Å²) in [7, 11) is 0. The molecule has 0 aromatic heterocycles. The van der Waals surface area contributed by atoms with Gasteiger partial charge in [0, 0.05) is 48.2 Å². The minimum atomic E-state index is 0.125. The van der Waals surface area contributed by atoms with E-state index < -0.39 is 0 Å². The van der Waals surface area contributed by atoms with Gasteiger partial charge in [-0.05, 0) is 57.0 Å². The third kappa shape index (κ3) is 5.01. The van der Waals surface area contributed by atoms with E-state index in [1.807, 2.05) is 34.1 Å². The van der Waals surface area contributed by atoms with Crippen LogP contribution in [0.4, 0.5) is 0 Å². The second-order valence-electron chi connectivity index (χ2n) is 8.28. The molecule has 0 aliphatic carbocycles. The number of nitrogens with zero attached hydrogens (tertiary/aromatic N) is 3. The summed E-state index contributed by atoms with van der Waals surface area (Å²) in [5.74, 6) is 0.615. The van der Waals surface area contributed by atoms with Gasteiger partial charge in [0.2, 0.25) is 5.91 Å². The van der Waals surface area contributed by atoms with Crippen LogP contribution in [-0.4, -0.2) is 85.0 Å². The van der Waals surface area contributed by atoms with E-state index in [1.54, 1.807) is 0 Å². The number of ether oxygens (including phenoxy) is 1. The zero-order valence-electron chi connectivity index (χ0n) is 16.9. The van der Waals surface area contributed by atoms with Crippen LogP contribution in [0.2, 0.25) is 0 Å². The lowest BCUT2D eigenvalue weighted by atomic mass is 9.92. The van der Waals surface area contributed by atoms with Crippen molar-refractivity contribution in [2.24, 2.45) is 5.92 Å². The Morgan fingerprint density at radius 1 is 0.897 bits per heavy atom. The molecular weight excluding hydrogens is 434 g/mol. The zero-order valence-corrected chi connectivity index (χ0v) is 18.5. The lowest BCUT2D eigenvalue weighted by Crippen LogP contribution is -2.51. The maximum atomic E-state index is 12.7. The van der Waals surface area contributed by atoms with Crippen molar-refractivity contribution in [1.29, 1.82) is 0 Å². The van der Waals surface area contributed by atoms with Gasteiger partial charge >= 0.3 is 0 Å². The lowest BCUT2D eigenvalue weighted by Gasteiger charge is -2.42. The second-order valence-corrected chi connectivity index (χ2v) is 9.20. The molecule has 0 saturated carbocycles. The first kappa shape index (κ1) is 20.8. The minimum Gasteiger partial charge on any atom is -0.378 e. The van der Waals surface area contributed by atoms with Crippen molar-refractivity contribution in [2.75, 3.05) is 52.5 Å². The molecule has 0 N–H and O–H groups in total. The van der Waals surface area contributed by atoms with Gasteiger partial charge in [0.05, 0.1) is 13.2 Å². The highest BCUT2D eigenvalue weighted by Crippen LogP contribution is 2.26. The average molecular weight is 464 g/mol. The van der Waals surface area contributed by atoms with Crippen molar-refractivity contribution in [3.05, 3.63) is 34.3 Å². The van der Waals surface area contributed by atoms with Crippen molar-refractivity contribution in [3.63, 3.8) is 0 Å². The Kier molecular flexibility index (Phi) is 6.88. The summed E-state index contributed by atoms with van der Waals surface area (Å²) in [5.41, 5.74) is 0.750. The average Bonchev–Trinajstić information content (AvgIpc) is 2.79. The molecule has 2 amide bonds. The highest BCUT2D eigenvalue weighted by atomic mass is 79.9. The van der Waals surface area contributed by atoms with Crippen molar-refractivity contribution < 1.29 is 14.3 Å². The van der Waals surface area contributed by atoms with E-state index in [0.717, 1.165) is 75.0 Å². The van der Waals surface area contributed by atoms with E-state index in [-0.39, 0.29) is 11.8 Å². The third-order valence-corrected chi connectivity index (χ3v) is 7.03. The van der Waals surface area contributed by atoms with Gasteiger partial charge in [-0.15, -0.1) is 0 Å². The molecule has 7 heteroatoms. The van der Waals surface area contributed by atoms with E-state index in [2.05, 4.69) is 20.8 Å². The van der Waals surface area contributed by atoms with E-state index in [9.17, 15) is 9.59 Å². The number of hydrogen-bond acceptors (Lipinski definition) is 4. The molecule has 0 bridgehead atoms. The van der Waals surface area contributed by atoms with Crippen LogP contribution in [0, 0.1) is 5.92 Å². The molecule has 0 atom stereocenters. The topological polar surface area (TPSA) is 53.1 Å². The summed E-state index contributed by atoms with van der Waals surface area (Å²) < 4.78 is 6.30. The Bertz CT molecular complexity index is 722. The van der Waals surface area contributed by atoms with Crippen LogP contribution in [0.25, 0.3) is 0 Å². The number of benzene rings is 1. The van der Waals surface area contributed by atoms with E-state index in [0.29, 0.717) is 25.2 Å². The second kappa shape index (κ2) is 9.58. The summed E-state index contributed by atoms with van der Waals surface area (Å²) in [6.45, 7) is 6.41. The first-order valence-corrected chi connectivity index (χ1v) is 11.6. The van der Waals surface area contributed by atoms with Gasteiger partial charge in [0.25, 0.3) is 5.91 Å². The normalized spacial score (nSPS) is 22.7. The van der Waals surface area contributed by atoms with Crippen molar-refractivity contribution in [3.8, 4) is 0 Å². The summed E-state index contributed by atoms with van der Waals surface area (Å²) >= 11 is 3.45. The fourth-order valence-corrected chi connectivity index (χ4v) is 5.19. The minimum absolute atomic E-state index is 0.125. The molecule has 158 valence electrons. The predicted octanol–water partition coefficient (Wildman–Crippen LogP) is 2.62. The van der Waals surface area contributed by atoms with Crippen molar-refractivity contribution in [2.45, 2.75) is 31.7 Å². The monoisotopic (exact) mass is 463 g/mol. The van der Waals surface area contributed by atoms with Gasteiger partial charge in [-0.1, -0.05) is 22.0 Å². The summed E-state index contributed by atoms with van der Waals surface area (Å²) in [6, 6.07) is 8.16. The van der Waals surface area contributed by atoms with E-state index >= 15 is 0 Å². The van der Waals surface area contributed by atoms with Crippen LogP contribution >= 0.6 is 15.9 Å². The van der Waals surface area contributed by atoms with Gasteiger partial charge in [0.1, 0.15) is 0 Å². The van der Waals surface area contributed by atoms with Gasteiger partial charge in [-0.2, -0.15) is 0 Å². The van der Waals surface area contributed by atoms with E-state index in [4.69, 9.17) is 4.74 Å². The number of morpholine rings is 1. The molecule has 3 aliphatic rings. The summed E-state index contributed by atoms with van der Waals surface area (Å²) in [5, 5.41) is 0. The Labute approximate surface area is 181 Å². The number of carbonyl (C=O) groups is 2. The number of carbonyl (C=O) groups excluding carboxylic acids is 2. The molecule has 0 spiro atoms. The molecule has 4 rings (SSSR count). The Morgan fingerprint density at radius 3 is 2.24 bits per heavy atom. The van der Waals surface area contributed by atoms with Crippen LogP contribution in [0.5, 0.6) is 0 Å². The molecule has 3 saturated heterocycles. The molecule has 3 heterocycles. The summed E-state index contributed by atoms with van der Waals surface area (Å²) in [4.78, 5) is 32.0. The van der Waals surface area contributed by atoms with E-state index in [1.165, 1.54) is 0 Å². The first-order chi connectivity index (χ1) is 14.1. The van der Waals surface area contributed by atoms with Gasteiger partial charge in [0.15, 0.2) is 0 Å². The van der Waals surface area contributed by atoms with Crippen LogP contribution in [-0.2, 0) is 9.53 Å². The number of piperidine rings is 2. The number of likely N-dealkylation sites (tertiary alicyclic amines) is 2. The predicted molar refractivity (Wildman–Crippen MR) is 115 cm³/mol. The van der Waals surface area contributed by atoms with Crippen molar-refractivity contribution >= 4 is 27.7 Å². The fourth-order valence-electron chi connectivity index (χ4n) is 4.79. The van der Waals surface area contributed by atoms with Gasteiger partial charge < -0.3 is 19.4 Å². The van der Waals surface area contributed by atoms with Crippen LogP contribution in [0.1, 0.15) is 36.0 Å². The molecule has 1 aromatic rings. The van der Waals surface area contributed by atoms with Crippen molar-refractivity contribution in [1.82, 2.24) is 14.7 Å². The maximum absolute atomic E-state index is 12.7. The van der Waals surface area contributed by atoms with Crippen LogP contribution in [0.3, 0.4) is 0 Å². The Morgan fingerprint density at radius 2 is 1.59 bits per heavy atom. The maximum Gasteiger partial charge on any atom is 0.253 e. The SMILES string of the molecule is O=C(c1cccc(Br)c1)N1CCC(N2CCC(C(=O)N3CCOCC3)CC2)CC1. The Hall–Kier alpha value is -1.44. The molecule has 0 radical (unpaired) electrons. The Balaban J connectivity index is 1.24. The highest BCUT2D eigenvalue weighted by Gasteiger charge is 2.33. The third-order valence-electron chi connectivity index (χ3n) is 6.54. The molecular formula is C22H30BrN3O3. The summed E-state index contributed by atoms with van der Waals surface area (Å²) in [6.07, 6.45) is 3.93. The fraction of sp³-hybridized carbons (Fsp3) is 0.636. The van der Waals surface area contributed by atoms with Gasteiger partial charge in [-0.25, -0.2) is 0 Å². The highest BCUT2D eigenvalue weighted by molar-refractivity contribution is 9.10. The number of hydrogen-bond donors (Lipinski definition) is 0. The molecule has 3 fully saturated rings. The standard InChI is InChI=1S/C22H30BrN3O3/c23-19-3-1-2-18(16-19)22(28)25-10-6-20(7-11-25)24-8-4-17(5-9-24)21(27)26-12-14-29-15-13-26/h1-3,16-17,20H,4-15H2. The molecule has 3 aliphatic heterocycles. The first-order valence-electron chi connectivity index (χ1n) is 10.8. The lowest BCUT2D eigenvalue weighted by molar-refractivity contribution is -0.141. The van der Waals surface area contributed by atoms with Crippen LogP contribution in [0.15, 0.2) is 28.7 Å². The molecule has 29 heavy (non-hydrogen) atoms. The molecule has 0 unspecified atom stereocenters. The quantitative estimate of drug-likeness (QED) is 0.691. The smallest absolute Gasteiger partial charge is 0.253 e. The van der Waals surface area contributed by atoms with Gasteiger partial charge in [-0.3, -0.25) is 9.59 Å².